The van der Waals surface area contributed by atoms with Crippen molar-refractivity contribution in [2.75, 3.05) is 20.8 Å². The number of methoxy groups -OCH3 is 2. The third kappa shape index (κ3) is 4.19. The predicted octanol–water partition coefficient (Wildman–Crippen LogP) is 2.52. The van der Waals surface area contributed by atoms with E-state index in [1.165, 1.54) is 7.11 Å². The molecule has 0 saturated carbocycles. The number of fused-ring (bicyclic) bond motifs is 1. The Bertz CT molecular complexity index is 1120. The zero-order valence-corrected chi connectivity index (χ0v) is 19.2. The highest BCUT2D eigenvalue weighted by Gasteiger charge is 2.45. The molecule has 0 aliphatic carbocycles. The number of aliphatic hydroxyl groups excluding tert-OH is 4. The minimum Gasteiger partial charge on any atom is -0.497 e. The summed E-state index contributed by atoms with van der Waals surface area (Å²) < 4.78 is 22.5. The van der Waals surface area contributed by atoms with Gasteiger partial charge in [0.2, 0.25) is 0 Å². The molecule has 0 amide bonds. The normalized spacial score (nSPS) is 25.4. The van der Waals surface area contributed by atoms with Gasteiger partial charge in [0.15, 0.2) is 5.75 Å². The molecule has 1 aromatic heterocycles. The van der Waals surface area contributed by atoms with Crippen molar-refractivity contribution in [3.63, 3.8) is 0 Å². The van der Waals surface area contributed by atoms with Crippen LogP contribution in [0.15, 0.2) is 34.7 Å². The first-order chi connectivity index (χ1) is 15.8. The van der Waals surface area contributed by atoms with Gasteiger partial charge in [0.1, 0.15) is 47.6 Å². The van der Waals surface area contributed by atoms with Crippen LogP contribution in [-0.4, -0.2) is 65.7 Å². The molecule has 2 aromatic carbocycles. The maximum atomic E-state index is 10.7. The molecule has 0 bridgehead atoms. The molecule has 8 nitrogen and oxygen atoms in total. The Morgan fingerprint density at radius 3 is 2.30 bits per heavy atom. The first kappa shape index (κ1) is 23.8. The molecular formula is C24H27ClO8. The highest BCUT2D eigenvalue weighted by atomic mass is 35.5. The minimum atomic E-state index is -1.52. The van der Waals surface area contributed by atoms with Crippen LogP contribution in [0.5, 0.6) is 11.5 Å². The average Bonchev–Trinajstić information content (AvgIpc) is 3.16. The second-order valence-electron chi connectivity index (χ2n) is 8.11. The summed E-state index contributed by atoms with van der Waals surface area (Å²) in [6.45, 7) is 1.20. The fourth-order valence-corrected chi connectivity index (χ4v) is 4.61. The molecule has 1 aliphatic heterocycles. The van der Waals surface area contributed by atoms with Crippen LogP contribution in [0.3, 0.4) is 0 Å². The first-order valence-corrected chi connectivity index (χ1v) is 10.9. The van der Waals surface area contributed by atoms with Gasteiger partial charge in [-0.25, -0.2) is 0 Å². The monoisotopic (exact) mass is 478 g/mol. The number of hydrogen-bond acceptors (Lipinski definition) is 8. The molecule has 0 spiro atoms. The quantitative estimate of drug-likeness (QED) is 0.426. The molecule has 33 heavy (non-hydrogen) atoms. The SMILES string of the molecule is COc1ccc(Cc2cc([C@@H]3O[C@H](CO)[C@@H](O)[C@H](O)[C@H]3O)c3oc(C)c(OC)c3c2Cl)cc1. The van der Waals surface area contributed by atoms with Crippen molar-refractivity contribution in [3.05, 3.63) is 57.8 Å². The molecule has 9 heteroatoms. The van der Waals surface area contributed by atoms with Gasteiger partial charge in [0.05, 0.1) is 31.2 Å². The number of halogens is 1. The largest absolute Gasteiger partial charge is 0.497 e. The van der Waals surface area contributed by atoms with Gasteiger partial charge in [0.25, 0.3) is 0 Å². The van der Waals surface area contributed by atoms with Crippen LogP contribution in [-0.2, 0) is 11.2 Å². The molecule has 2 heterocycles. The van der Waals surface area contributed by atoms with Gasteiger partial charge in [-0.15, -0.1) is 0 Å². The third-order valence-electron chi connectivity index (χ3n) is 6.08. The molecular weight excluding hydrogens is 452 g/mol. The molecule has 1 fully saturated rings. The van der Waals surface area contributed by atoms with E-state index in [9.17, 15) is 20.4 Å². The van der Waals surface area contributed by atoms with Crippen molar-refractivity contribution in [1.29, 1.82) is 0 Å². The van der Waals surface area contributed by atoms with Crippen molar-refractivity contribution in [2.24, 2.45) is 0 Å². The van der Waals surface area contributed by atoms with Gasteiger partial charge >= 0.3 is 0 Å². The van der Waals surface area contributed by atoms with Crippen molar-refractivity contribution < 1.29 is 39.1 Å². The smallest absolute Gasteiger partial charge is 0.169 e. The molecule has 4 rings (SSSR count). The van der Waals surface area contributed by atoms with E-state index in [0.717, 1.165) is 16.9 Å². The van der Waals surface area contributed by atoms with E-state index in [-0.39, 0.29) is 0 Å². The predicted molar refractivity (Wildman–Crippen MR) is 121 cm³/mol. The van der Waals surface area contributed by atoms with E-state index >= 15 is 0 Å². The van der Waals surface area contributed by atoms with Crippen LogP contribution in [0.4, 0.5) is 0 Å². The van der Waals surface area contributed by atoms with Crippen molar-refractivity contribution >= 4 is 22.6 Å². The molecule has 178 valence electrons. The Balaban J connectivity index is 1.87. The van der Waals surface area contributed by atoms with Crippen LogP contribution in [0.1, 0.15) is 28.6 Å². The third-order valence-corrected chi connectivity index (χ3v) is 6.51. The van der Waals surface area contributed by atoms with Crippen LogP contribution in [0, 0.1) is 6.92 Å². The van der Waals surface area contributed by atoms with Crippen molar-refractivity contribution in [1.82, 2.24) is 0 Å². The second kappa shape index (κ2) is 9.50. The number of aryl methyl sites for hydroxylation is 1. The average molecular weight is 479 g/mol. The summed E-state index contributed by atoms with van der Waals surface area (Å²) in [5.74, 6) is 1.67. The Morgan fingerprint density at radius 1 is 1.00 bits per heavy atom. The minimum absolute atomic E-state index is 0.345. The maximum Gasteiger partial charge on any atom is 0.169 e. The molecule has 4 N–H and O–H groups in total. The fraction of sp³-hybridized carbons (Fsp3) is 0.417. The number of rotatable bonds is 6. The molecule has 0 unspecified atom stereocenters. The van der Waals surface area contributed by atoms with Gasteiger partial charge in [-0.3, -0.25) is 0 Å². The van der Waals surface area contributed by atoms with E-state index in [1.807, 2.05) is 24.3 Å². The van der Waals surface area contributed by atoms with E-state index in [4.69, 9.17) is 30.2 Å². The number of hydrogen-bond donors (Lipinski definition) is 4. The van der Waals surface area contributed by atoms with Crippen molar-refractivity contribution in [2.45, 2.75) is 43.9 Å². The summed E-state index contributed by atoms with van der Waals surface area (Å²) >= 11 is 6.80. The van der Waals surface area contributed by atoms with Crippen molar-refractivity contribution in [3.8, 4) is 11.5 Å². The van der Waals surface area contributed by atoms with Crippen LogP contribution in [0.25, 0.3) is 11.0 Å². The molecule has 5 atom stereocenters. The second-order valence-corrected chi connectivity index (χ2v) is 8.49. The maximum absolute atomic E-state index is 10.7. The molecule has 1 aliphatic rings. The standard InChI is InChI=1S/C24H27ClO8/c1-11-22(31-3)17-18(25)13(8-12-4-6-14(30-2)7-5-12)9-15(23(17)32-11)24-21(29)20(28)19(27)16(10-26)33-24/h4-7,9,16,19-21,24,26-29H,8,10H2,1-3H3/t16-,19-,20+,21-,24+/m1/s1. The summed E-state index contributed by atoms with van der Waals surface area (Å²) in [6, 6.07) is 9.30. The lowest BCUT2D eigenvalue weighted by Gasteiger charge is -2.40. The summed E-state index contributed by atoms with van der Waals surface area (Å²) in [4.78, 5) is 0. The number of aliphatic hydroxyl groups is 4. The van der Waals surface area contributed by atoms with Crippen LogP contribution < -0.4 is 9.47 Å². The topological polar surface area (TPSA) is 122 Å². The van der Waals surface area contributed by atoms with E-state index in [2.05, 4.69) is 0 Å². The van der Waals surface area contributed by atoms with E-state index in [1.54, 1.807) is 20.1 Å². The Kier molecular flexibility index (Phi) is 6.86. The van der Waals surface area contributed by atoms with Gasteiger partial charge in [-0.05, 0) is 42.7 Å². The lowest BCUT2D eigenvalue weighted by atomic mass is 9.89. The number of ether oxygens (including phenoxy) is 3. The highest BCUT2D eigenvalue weighted by Crippen LogP contribution is 2.45. The summed E-state index contributed by atoms with van der Waals surface area (Å²) in [6.07, 6.45) is -6.12. The lowest BCUT2D eigenvalue weighted by Crippen LogP contribution is -2.55. The van der Waals surface area contributed by atoms with E-state index in [0.29, 0.717) is 39.5 Å². The Hall–Kier alpha value is -2.33. The van der Waals surface area contributed by atoms with Gasteiger partial charge in [-0.1, -0.05) is 23.7 Å². The fourth-order valence-electron chi connectivity index (χ4n) is 4.32. The molecule has 1 saturated heterocycles. The van der Waals surface area contributed by atoms with Crippen LogP contribution >= 0.6 is 11.6 Å². The van der Waals surface area contributed by atoms with Gasteiger partial charge < -0.3 is 39.1 Å². The summed E-state index contributed by atoms with van der Waals surface area (Å²) in [7, 11) is 3.11. The molecule has 3 aromatic rings. The molecule has 0 radical (unpaired) electrons. The van der Waals surface area contributed by atoms with E-state index < -0.39 is 37.1 Å². The van der Waals surface area contributed by atoms with Gasteiger partial charge in [-0.2, -0.15) is 0 Å². The Labute approximate surface area is 195 Å². The Morgan fingerprint density at radius 2 is 1.70 bits per heavy atom. The number of furan rings is 1. The van der Waals surface area contributed by atoms with Gasteiger partial charge in [0, 0.05) is 5.56 Å². The van der Waals surface area contributed by atoms with Crippen LogP contribution in [0.2, 0.25) is 5.02 Å². The first-order valence-electron chi connectivity index (χ1n) is 10.5. The summed E-state index contributed by atoms with van der Waals surface area (Å²) in [5.41, 5.74) is 2.47. The highest BCUT2D eigenvalue weighted by molar-refractivity contribution is 6.37. The lowest BCUT2D eigenvalue weighted by molar-refractivity contribution is -0.231. The zero-order valence-electron chi connectivity index (χ0n) is 18.5. The number of benzene rings is 2. The summed E-state index contributed by atoms with van der Waals surface area (Å²) in [5, 5.41) is 41.8. The zero-order chi connectivity index (χ0) is 23.9.